The molecule has 6 aromatic carbocycles. The van der Waals surface area contributed by atoms with E-state index in [0.29, 0.717) is 23.9 Å². The van der Waals surface area contributed by atoms with E-state index in [1.165, 1.54) is 27.9 Å². The Morgan fingerprint density at radius 1 is 0.508 bits per heavy atom. The molecule has 8 aromatic rings. The standard InChI is InChI=1S/C59H61N5O/c1-56(2,3)40-24-22-38(23-25-40)39-28-44(62-37-63(52-21-17-16-20-51(52)62)45-31-42(58(7,8)9)30-43(32-45)59(10,11)12)34-46(29-39)65-54-36-53-48(35-49(54)60-13)47-18-14-15-19-50(47)64(53)55-33-41(26-27-61-55)57(4,5)6/h14-36H,37H2,1-12H3. The van der Waals surface area contributed by atoms with Crippen LogP contribution in [0.2, 0.25) is 0 Å². The van der Waals surface area contributed by atoms with Crippen LogP contribution in [-0.2, 0) is 21.7 Å². The first-order chi connectivity index (χ1) is 30.7. The Labute approximate surface area is 386 Å². The highest BCUT2D eigenvalue weighted by Crippen LogP contribution is 2.48. The van der Waals surface area contributed by atoms with E-state index in [1.54, 1.807) is 0 Å². The molecular weight excluding hydrogens is 795 g/mol. The van der Waals surface area contributed by atoms with Crippen LogP contribution in [0, 0.1) is 6.57 Å². The summed E-state index contributed by atoms with van der Waals surface area (Å²) in [6.45, 7) is 36.2. The zero-order chi connectivity index (χ0) is 46.2. The van der Waals surface area contributed by atoms with Crippen molar-refractivity contribution in [1.29, 1.82) is 0 Å². The lowest BCUT2D eigenvalue weighted by molar-refractivity contribution is 0.486. The van der Waals surface area contributed by atoms with E-state index in [0.717, 1.165) is 55.8 Å². The predicted molar refractivity (Wildman–Crippen MR) is 274 cm³/mol. The lowest BCUT2D eigenvalue weighted by Crippen LogP contribution is -2.25. The van der Waals surface area contributed by atoms with Gasteiger partial charge in [-0.05, 0) is 127 Å². The van der Waals surface area contributed by atoms with E-state index in [-0.39, 0.29) is 21.7 Å². The van der Waals surface area contributed by atoms with Crippen LogP contribution in [-0.4, -0.2) is 16.2 Å². The molecule has 6 heteroatoms. The van der Waals surface area contributed by atoms with Gasteiger partial charge in [-0.15, -0.1) is 0 Å². The molecule has 1 aliphatic rings. The molecule has 0 N–H and O–H groups in total. The summed E-state index contributed by atoms with van der Waals surface area (Å²) in [6, 6.07) is 47.9. The van der Waals surface area contributed by atoms with E-state index in [1.807, 2.05) is 18.3 Å². The second-order valence-corrected chi connectivity index (χ2v) is 21.9. The molecule has 3 heterocycles. The molecule has 0 fully saturated rings. The van der Waals surface area contributed by atoms with Crippen molar-refractivity contribution in [1.82, 2.24) is 9.55 Å². The molecule has 0 bridgehead atoms. The third-order valence-electron chi connectivity index (χ3n) is 12.9. The summed E-state index contributed by atoms with van der Waals surface area (Å²) in [5.74, 6) is 1.97. The minimum absolute atomic E-state index is 0.0212. The topological polar surface area (TPSA) is 37.9 Å². The number of nitrogens with zero attached hydrogens (tertiary/aromatic N) is 5. The summed E-state index contributed by atoms with van der Waals surface area (Å²) in [6.07, 6.45) is 1.89. The van der Waals surface area contributed by atoms with Crippen LogP contribution >= 0.6 is 0 Å². The molecule has 65 heavy (non-hydrogen) atoms. The Kier molecular flexibility index (Phi) is 10.5. The maximum atomic E-state index is 8.43. The molecule has 0 unspecified atom stereocenters. The predicted octanol–water partition coefficient (Wildman–Crippen LogP) is 16.6. The Balaban J connectivity index is 1.20. The minimum Gasteiger partial charge on any atom is -0.468 e. The summed E-state index contributed by atoms with van der Waals surface area (Å²) in [4.78, 5) is 13.8. The van der Waals surface area contributed by atoms with Gasteiger partial charge in [-0.1, -0.05) is 144 Å². The van der Waals surface area contributed by atoms with Gasteiger partial charge >= 0.3 is 0 Å². The van der Waals surface area contributed by atoms with Crippen LogP contribution in [0.4, 0.5) is 28.4 Å². The SMILES string of the molecule is [C-]#[N+]c1cc2c3ccccc3n(-c3cc(C(C)(C)C)ccn3)c2cc1Oc1cc(-c2ccc(C(C)(C)C)cc2)cc(N2CN(c3cc(C(C)(C)C)cc(C(C)(C)C)c3)c3ccccc32)c1. The number of rotatable bonds is 6. The number of ether oxygens (including phenoxy) is 1. The molecular formula is C59H61N5O. The van der Waals surface area contributed by atoms with Crippen LogP contribution in [0.3, 0.4) is 0 Å². The van der Waals surface area contributed by atoms with Crippen LogP contribution in [0.15, 0.2) is 140 Å². The molecule has 0 saturated carbocycles. The molecule has 0 aliphatic carbocycles. The monoisotopic (exact) mass is 855 g/mol. The Morgan fingerprint density at radius 3 is 1.69 bits per heavy atom. The smallest absolute Gasteiger partial charge is 0.229 e. The average molecular weight is 856 g/mol. The quantitative estimate of drug-likeness (QED) is 0.156. The van der Waals surface area contributed by atoms with Gasteiger partial charge in [0.1, 0.15) is 24.0 Å². The van der Waals surface area contributed by atoms with Crippen molar-refractivity contribution in [2.75, 3.05) is 16.5 Å². The van der Waals surface area contributed by atoms with Gasteiger partial charge in [-0.25, -0.2) is 9.83 Å². The number of fused-ring (bicyclic) bond motifs is 4. The summed E-state index contributed by atoms with van der Waals surface area (Å²) >= 11 is 0. The summed E-state index contributed by atoms with van der Waals surface area (Å²) < 4.78 is 9.23. The van der Waals surface area contributed by atoms with Crippen molar-refractivity contribution in [2.45, 2.75) is 105 Å². The van der Waals surface area contributed by atoms with Gasteiger partial charge in [0.15, 0.2) is 0 Å². The number of benzene rings is 6. The summed E-state index contributed by atoms with van der Waals surface area (Å²) in [5, 5.41) is 2.04. The average Bonchev–Trinajstić information content (AvgIpc) is 3.81. The highest BCUT2D eigenvalue weighted by molar-refractivity contribution is 6.11. The Hall–Kier alpha value is -6.84. The molecule has 0 atom stereocenters. The van der Waals surface area contributed by atoms with Crippen LogP contribution in [0.1, 0.15) is 105 Å². The van der Waals surface area contributed by atoms with E-state index in [9.17, 15) is 0 Å². The number of hydrogen-bond acceptors (Lipinski definition) is 4. The first-order valence-electron chi connectivity index (χ1n) is 22.8. The zero-order valence-electron chi connectivity index (χ0n) is 40.1. The normalized spacial score (nSPS) is 13.4. The molecule has 0 amide bonds. The van der Waals surface area contributed by atoms with Crippen molar-refractivity contribution in [2.24, 2.45) is 0 Å². The lowest BCUT2D eigenvalue weighted by atomic mass is 9.80. The van der Waals surface area contributed by atoms with Crippen molar-refractivity contribution in [3.8, 4) is 28.4 Å². The maximum absolute atomic E-state index is 8.43. The van der Waals surface area contributed by atoms with Crippen LogP contribution in [0.25, 0.3) is 43.6 Å². The first-order valence-corrected chi connectivity index (χ1v) is 22.8. The number of pyridine rings is 1. The van der Waals surface area contributed by atoms with Crippen molar-refractivity contribution in [3.05, 3.63) is 173 Å². The fourth-order valence-electron chi connectivity index (χ4n) is 8.95. The van der Waals surface area contributed by atoms with Crippen molar-refractivity contribution < 1.29 is 4.74 Å². The highest BCUT2D eigenvalue weighted by Gasteiger charge is 2.31. The van der Waals surface area contributed by atoms with E-state index in [4.69, 9.17) is 16.3 Å². The van der Waals surface area contributed by atoms with E-state index >= 15 is 0 Å². The van der Waals surface area contributed by atoms with Crippen molar-refractivity contribution in [3.63, 3.8) is 0 Å². The van der Waals surface area contributed by atoms with Gasteiger partial charge in [-0.3, -0.25) is 4.57 Å². The third-order valence-corrected chi connectivity index (χ3v) is 12.9. The molecule has 0 saturated heterocycles. The number of aromatic nitrogens is 2. The fraction of sp³-hybridized carbons (Fsp3) is 0.288. The van der Waals surface area contributed by atoms with Crippen molar-refractivity contribution >= 4 is 50.2 Å². The van der Waals surface area contributed by atoms with Gasteiger partial charge < -0.3 is 14.5 Å². The molecule has 6 nitrogen and oxygen atoms in total. The molecule has 9 rings (SSSR count). The van der Waals surface area contributed by atoms with Crippen LogP contribution in [0.5, 0.6) is 11.5 Å². The molecule has 1 aliphatic heterocycles. The summed E-state index contributed by atoms with van der Waals surface area (Å²) in [5.41, 5.74) is 14.0. The van der Waals surface area contributed by atoms with Gasteiger partial charge in [0, 0.05) is 29.0 Å². The fourth-order valence-corrected chi connectivity index (χ4v) is 8.95. The van der Waals surface area contributed by atoms with Crippen LogP contribution < -0.4 is 14.5 Å². The Bertz CT molecular complexity index is 3120. The number of anilines is 4. The maximum Gasteiger partial charge on any atom is 0.229 e. The number of hydrogen-bond donors (Lipinski definition) is 0. The van der Waals surface area contributed by atoms with Gasteiger partial charge in [0.25, 0.3) is 0 Å². The molecule has 0 radical (unpaired) electrons. The van der Waals surface area contributed by atoms with E-state index in [2.05, 4.69) is 224 Å². The minimum atomic E-state index is -0.0590. The zero-order valence-corrected chi connectivity index (χ0v) is 40.1. The van der Waals surface area contributed by atoms with Gasteiger partial charge in [-0.2, -0.15) is 0 Å². The molecule has 0 spiro atoms. The highest BCUT2D eigenvalue weighted by atomic mass is 16.5. The second kappa shape index (κ2) is 15.7. The largest absolute Gasteiger partial charge is 0.468 e. The first kappa shape index (κ1) is 43.4. The van der Waals surface area contributed by atoms with Gasteiger partial charge in [0.05, 0.1) is 29.0 Å². The van der Waals surface area contributed by atoms with E-state index < -0.39 is 0 Å². The summed E-state index contributed by atoms with van der Waals surface area (Å²) in [7, 11) is 0. The molecule has 328 valence electrons. The lowest BCUT2D eigenvalue weighted by Gasteiger charge is -2.29. The van der Waals surface area contributed by atoms with Gasteiger partial charge in [0.2, 0.25) is 5.69 Å². The third kappa shape index (κ3) is 8.25. The Morgan fingerprint density at radius 2 is 1.09 bits per heavy atom. The second-order valence-electron chi connectivity index (χ2n) is 21.9. The number of para-hydroxylation sites is 3. The molecule has 2 aromatic heterocycles.